The van der Waals surface area contributed by atoms with Crippen LogP contribution in [0.2, 0.25) is 0 Å². The van der Waals surface area contributed by atoms with Crippen LogP contribution in [0.25, 0.3) is 0 Å². The molecule has 1 fully saturated rings. The quantitative estimate of drug-likeness (QED) is 0.756. The normalized spacial score (nSPS) is 19.5. The summed E-state index contributed by atoms with van der Waals surface area (Å²) in [6.07, 6.45) is 4.76. The van der Waals surface area contributed by atoms with E-state index in [1.165, 1.54) is 0 Å². The van der Waals surface area contributed by atoms with Crippen LogP contribution in [0, 0.1) is 5.41 Å². The van der Waals surface area contributed by atoms with Crippen LogP contribution in [0.4, 0.5) is 11.5 Å². The molecule has 1 spiro atoms. The third-order valence-corrected chi connectivity index (χ3v) is 4.76. The Hall–Kier alpha value is -2.49. The molecule has 0 radical (unpaired) electrons. The monoisotopic (exact) mass is 292 g/mol. The largest absolute Gasteiger partial charge is 0.293 e. The molecule has 1 amide bonds. The molecule has 2 aromatic rings. The first-order chi connectivity index (χ1) is 10.7. The van der Waals surface area contributed by atoms with Gasteiger partial charge >= 0.3 is 0 Å². The highest BCUT2D eigenvalue weighted by molar-refractivity contribution is 6.26. The van der Waals surface area contributed by atoms with Crippen molar-refractivity contribution >= 4 is 23.2 Å². The molecule has 0 N–H and O–H groups in total. The summed E-state index contributed by atoms with van der Waals surface area (Å²) >= 11 is 0. The molecule has 1 aromatic carbocycles. The number of carbonyl (C=O) groups excluding carboxylic acids is 2. The van der Waals surface area contributed by atoms with Crippen molar-refractivity contribution in [2.45, 2.75) is 25.7 Å². The number of rotatable bonds is 1. The summed E-state index contributed by atoms with van der Waals surface area (Å²) in [6.45, 7) is 0. The summed E-state index contributed by atoms with van der Waals surface area (Å²) in [5.41, 5.74) is 0.449. The first kappa shape index (κ1) is 13.2. The van der Waals surface area contributed by atoms with E-state index in [1.807, 2.05) is 30.3 Å². The number of nitrogens with zero attached hydrogens (tertiary/aromatic N) is 2. The molecule has 4 nitrogen and oxygen atoms in total. The van der Waals surface area contributed by atoms with Crippen LogP contribution in [-0.2, 0) is 4.79 Å². The molecule has 1 saturated carbocycles. The van der Waals surface area contributed by atoms with E-state index in [4.69, 9.17) is 0 Å². The molecule has 0 unspecified atom stereocenters. The van der Waals surface area contributed by atoms with Crippen molar-refractivity contribution in [3.8, 4) is 0 Å². The van der Waals surface area contributed by atoms with Gasteiger partial charge in [0.2, 0.25) is 5.91 Å². The Labute approximate surface area is 128 Å². The zero-order valence-electron chi connectivity index (χ0n) is 12.2. The SMILES string of the molecule is O=C1c2cccnc2N(c2ccccc2)C(=O)C12CCCC2. The van der Waals surface area contributed by atoms with Crippen LogP contribution in [-0.4, -0.2) is 16.7 Å². The molecule has 110 valence electrons. The predicted molar refractivity (Wildman–Crippen MR) is 83.1 cm³/mol. The lowest BCUT2D eigenvalue weighted by Crippen LogP contribution is -2.50. The molecule has 4 rings (SSSR count). The second-order valence-electron chi connectivity index (χ2n) is 5.97. The molecular weight excluding hydrogens is 276 g/mol. The molecule has 2 heterocycles. The van der Waals surface area contributed by atoms with Gasteiger partial charge in [0.05, 0.1) is 11.3 Å². The number of anilines is 2. The van der Waals surface area contributed by atoms with Crippen molar-refractivity contribution in [3.05, 3.63) is 54.2 Å². The van der Waals surface area contributed by atoms with Gasteiger partial charge in [-0.05, 0) is 37.1 Å². The van der Waals surface area contributed by atoms with Crippen LogP contribution in [0.5, 0.6) is 0 Å². The molecule has 22 heavy (non-hydrogen) atoms. The van der Waals surface area contributed by atoms with Crippen molar-refractivity contribution in [1.29, 1.82) is 0 Å². The smallest absolute Gasteiger partial charge is 0.246 e. The number of pyridine rings is 1. The Morgan fingerprint density at radius 1 is 0.955 bits per heavy atom. The van der Waals surface area contributed by atoms with Crippen LogP contribution in [0.3, 0.4) is 0 Å². The average molecular weight is 292 g/mol. The van der Waals surface area contributed by atoms with Gasteiger partial charge in [-0.1, -0.05) is 31.0 Å². The number of Topliss-reactive ketones (excluding diaryl/α,β-unsaturated/α-hetero) is 1. The van der Waals surface area contributed by atoms with Crippen molar-refractivity contribution in [1.82, 2.24) is 4.98 Å². The van der Waals surface area contributed by atoms with Gasteiger partial charge in [-0.15, -0.1) is 0 Å². The zero-order chi connectivity index (χ0) is 15.2. The minimum Gasteiger partial charge on any atom is -0.293 e. The summed E-state index contributed by atoms with van der Waals surface area (Å²) in [4.78, 5) is 32.1. The minimum absolute atomic E-state index is 0.0507. The summed E-state index contributed by atoms with van der Waals surface area (Å²) < 4.78 is 0. The fraction of sp³-hybridized carbons (Fsp3) is 0.278. The van der Waals surface area contributed by atoms with E-state index < -0.39 is 5.41 Å². The van der Waals surface area contributed by atoms with E-state index in [2.05, 4.69) is 4.98 Å². The van der Waals surface area contributed by atoms with E-state index in [0.717, 1.165) is 18.5 Å². The molecule has 1 aliphatic carbocycles. The van der Waals surface area contributed by atoms with E-state index in [0.29, 0.717) is 24.2 Å². The van der Waals surface area contributed by atoms with Crippen molar-refractivity contribution < 1.29 is 9.59 Å². The Morgan fingerprint density at radius 3 is 2.41 bits per heavy atom. The van der Waals surface area contributed by atoms with Crippen molar-refractivity contribution in [3.63, 3.8) is 0 Å². The van der Waals surface area contributed by atoms with Crippen molar-refractivity contribution in [2.75, 3.05) is 4.90 Å². The highest BCUT2D eigenvalue weighted by Gasteiger charge is 2.54. The van der Waals surface area contributed by atoms with Gasteiger partial charge in [0.15, 0.2) is 11.6 Å². The number of ketones is 1. The Morgan fingerprint density at radius 2 is 1.68 bits per heavy atom. The van der Waals surface area contributed by atoms with E-state index in [-0.39, 0.29) is 11.7 Å². The van der Waals surface area contributed by atoms with Gasteiger partial charge in [0.1, 0.15) is 5.41 Å². The molecule has 4 heteroatoms. The van der Waals surface area contributed by atoms with Gasteiger partial charge in [0.25, 0.3) is 0 Å². The maximum absolute atomic E-state index is 13.2. The summed E-state index contributed by atoms with van der Waals surface area (Å²) in [5, 5.41) is 0. The van der Waals surface area contributed by atoms with E-state index in [1.54, 1.807) is 23.2 Å². The average Bonchev–Trinajstić information content (AvgIpc) is 3.05. The van der Waals surface area contributed by atoms with Crippen molar-refractivity contribution in [2.24, 2.45) is 5.41 Å². The fourth-order valence-electron chi connectivity index (χ4n) is 3.65. The first-order valence-corrected chi connectivity index (χ1v) is 7.63. The van der Waals surface area contributed by atoms with Gasteiger partial charge in [0, 0.05) is 6.20 Å². The van der Waals surface area contributed by atoms with Crippen LogP contribution in [0.15, 0.2) is 48.7 Å². The maximum atomic E-state index is 13.2. The molecule has 0 bridgehead atoms. The lowest BCUT2D eigenvalue weighted by molar-refractivity contribution is -0.125. The van der Waals surface area contributed by atoms with Gasteiger partial charge < -0.3 is 0 Å². The molecule has 2 aliphatic rings. The van der Waals surface area contributed by atoms with Crippen LogP contribution in [0.1, 0.15) is 36.0 Å². The van der Waals surface area contributed by atoms with E-state index in [9.17, 15) is 9.59 Å². The number of hydrogen-bond donors (Lipinski definition) is 0. The third kappa shape index (κ3) is 1.67. The first-order valence-electron chi connectivity index (χ1n) is 7.63. The highest BCUT2D eigenvalue weighted by Crippen LogP contribution is 2.49. The molecule has 0 saturated heterocycles. The molecular formula is C18H16N2O2. The van der Waals surface area contributed by atoms with E-state index >= 15 is 0 Å². The minimum atomic E-state index is -0.883. The van der Waals surface area contributed by atoms with Gasteiger partial charge in [-0.25, -0.2) is 4.98 Å². The van der Waals surface area contributed by atoms with Gasteiger partial charge in [-0.2, -0.15) is 0 Å². The number of hydrogen-bond acceptors (Lipinski definition) is 3. The summed E-state index contributed by atoms with van der Waals surface area (Å²) in [5.74, 6) is 0.291. The number of benzene rings is 1. The summed E-state index contributed by atoms with van der Waals surface area (Å²) in [7, 11) is 0. The number of fused-ring (bicyclic) bond motifs is 1. The second kappa shape index (κ2) is 4.77. The third-order valence-electron chi connectivity index (χ3n) is 4.76. The highest BCUT2D eigenvalue weighted by atomic mass is 16.2. The Balaban J connectivity index is 1.95. The van der Waals surface area contributed by atoms with Crippen LogP contribution >= 0.6 is 0 Å². The molecule has 1 aliphatic heterocycles. The second-order valence-corrected chi connectivity index (χ2v) is 5.97. The molecule has 1 aromatic heterocycles. The number of carbonyl (C=O) groups is 2. The lowest BCUT2D eigenvalue weighted by atomic mass is 9.75. The standard InChI is InChI=1S/C18H16N2O2/c21-15-14-9-6-12-19-16(14)20(13-7-2-1-3-8-13)17(22)18(15)10-4-5-11-18/h1-3,6-9,12H,4-5,10-11H2. The fourth-order valence-corrected chi connectivity index (χ4v) is 3.65. The Bertz CT molecular complexity index is 749. The molecule has 0 atom stereocenters. The zero-order valence-corrected chi connectivity index (χ0v) is 12.2. The Kier molecular flexibility index (Phi) is 2.86. The van der Waals surface area contributed by atoms with Crippen LogP contribution < -0.4 is 4.90 Å². The number of para-hydroxylation sites is 1. The predicted octanol–water partition coefficient (Wildman–Crippen LogP) is 3.50. The summed E-state index contributed by atoms with van der Waals surface area (Å²) in [6, 6.07) is 13.0. The topological polar surface area (TPSA) is 50.3 Å². The lowest BCUT2D eigenvalue weighted by Gasteiger charge is -2.38. The maximum Gasteiger partial charge on any atom is 0.246 e. The number of amides is 1. The number of aromatic nitrogens is 1. The van der Waals surface area contributed by atoms with Gasteiger partial charge in [-0.3, -0.25) is 14.5 Å².